The monoisotopic (exact) mass is 704 g/mol. The van der Waals surface area contributed by atoms with Crippen LogP contribution in [0.3, 0.4) is 0 Å². The van der Waals surface area contributed by atoms with Crippen LogP contribution in [0.4, 0.5) is 0 Å². The van der Waals surface area contributed by atoms with E-state index < -0.39 is 29.2 Å². The number of rotatable bonds is 7. The zero-order chi connectivity index (χ0) is 36.4. The number of carbonyl (C=O) groups excluding carboxylic acids is 1. The minimum Gasteiger partial charge on any atom is -0.456 e. The fourth-order valence-electron chi connectivity index (χ4n) is 13.5. The second-order valence-corrected chi connectivity index (χ2v) is 19.3. The number of carbonyl (C=O) groups is 1. The quantitative estimate of drug-likeness (QED) is 0.292. The molecule has 2 spiro atoms. The van der Waals surface area contributed by atoms with Crippen LogP contribution in [-0.2, 0) is 30.3 Å². The van der Waals surface area contributed by atoms with Crippen LogP contribution in [0.25, 0.3) is 0 Å². The molecule has 3 radical (unpaired) electrons. The average Bonchev–Trinajstić information content (AvgIpc) is 3.70. The van der Waals surface area contributed by atoms with E-state index in [-0.39, 0.29) is 45.9 Å². The van der Waals surface area contributed by atoms with Crippen molar-refractivity contribution in [3.63, 3.8) is 0 Å². The summed E-state index contributed by atoms with van der Waals surface area (Å²) in [4.78, 5) is 14.6. The molecule has 5 aliphatic carbocycles. The Kier molecular flexibility index (Phi) is 8.73. The normalized spacial score (nSPS) is 44.7. The topological polar surface area (TPSA) is 97.7 Å². The van der Waals surface area contributed by atoms with E-state index >= 15 is 0 Å². The van der Waals surface area contributed by atoms with Crippen molar-refractivity contribution >= 4 is 5.97 Å². The molecule has 8 nitrogen and oxygen atoms in total. The second kappa shape index (κ2) is 12.2. The van der Waals surface area contributed by atoms with E-state index in [0.717, 1.165) is 51.4 Å². The molecule has 5 saturated carbocycles. The van der Waals surface area contributed by atoms with E-state index in [9.17, 15) is 15.0 Å². The Balaban J connectivity index is 1.00. The fraction of sp³-hybridized carbons (Fsp3) is 0.767. The van der Waals surface area contributed by atoms with E-state index in [1.165, 1.54) is 31.7 Å². The number of fused-ring (bicyclic) bond motifs is 4. The number of hydrogen-bond acceptors (Lipinski definition) is 8. The summed E-state index contributed by atoms with van der Waals surface area (Å²) in [6.45, 7) is 19.9. The van der Waals surface area contributed by atoms with Gasteiger partial charge >= 0.3 is 5.97 Å². The Labute approximate surface area is 306 Å². The van der Waals surface area contributed by atoms with E-state index in [1.807, 2.05) is 0 Å². The standard InChI is InChI=1S/C43H62NO7/c1-26-22-29(37(39(5,6)47)49-27(2)45)50-35-34(26)40(7)18-19-43-25-42(43)17-16-32(38(3,4)30(42)14-15-31(43)41(40,8)36(35)46)51-33-24-44(20-21-48-33)23-28-12-10-9-11-13-28/h9-13,26,30,32-34,36-37,46-47H,14-25H2,1-8H3/t26-,30+,32?,33+,34+,36+,37+,40-,41-,42-,43+/m1/s1. The van der Waals surface area contributed by atoms with Crippen molar-refractivity contribution in [1.82, 2.24) is 4.90 Å². The van der Waals surface area contributed by atoms with Gasteiger partial charge in [-0.1, -0.05) is 65.0 Å². The Morgan fingerprint density at radius 2 is 1.84 bits per heavy atom. The lowest BCUT2D eigenvalue weighted by Gasteiger charge is -2.63. The maximum Gasteiger partial charge on any atom is 0.303 e. The van der Waals surface area contributed by atoms with Gasteiger partial charge in [-0.3, -0.25) is 9.69 Å². The van der Waals surface area contributed by atoms with Gasteiger partial charge in [0.25, 0.3) is 0 Å². The lowest BCUT2D eigenvalue weighted by atomic mass is 9.41. The van der Waals surface area contributed by atoms with E-state index in [2.05, 4.69) is 69.9 Å². The fourth-order valence-corrected chi connectivity index (χ4v) is 13.5. The lowest BCUT2D eigenvalue weighted by molar-refractivity contribution is -0.244. The van der Waals surface area contributed by atoms with Gasteiger partial charge in [-0.2, -0.15) is 0 Å². The van der Waals surface area contributed by atoms with E-state index in [0.29, 0.717) is 25.0 Å². The Bertz CT molecular complexity index is 1480. The molecule has 7 fully saturated rings. The highest BCUT2D eigenvalue weighted by Gasteiger charge is 2.85. The molecule has 8 rings (SSSR count). The van der Waals surface area contributed by atoms with Gasteiger partial charge in [0.1, 0.15) is 12.2 Å². The highest BCUT2D eigenvalue weighted by Crippen LogP contribution is 2.90. The summed E-state index contributed by atoms with van der Waals surface area (Å²) in [5.41, 5.74) is -0.117. The molecule has 2 aliphatic heterocycles. The maximum absolute atomic E-state index is 12.5. The molecule has 51 heavy (non-hydrogen) atoms. The van der Waals surface area contributed by atoms with Crippen molar-refractivity contribution < 1.29 is 34.0 Å². The zero-order valence-corrected chi connectivity index (χ0v) is 32.3. The summed E-state index contributed by atoms with van der Waals surface area (Å²) in [6, 6.07) is 10.7. The molecule has 281 valence electrons. The first kappa shape index (κ1) is 36.4. The van der Waals surface area contributed by atoms with Gasteiger partial charge in [0.05, 0.1) is 24.4 Å². The highest BCUT2D eigenvalue weighted by molar-refractivity contribution is 5.66. The molecule has 2 N–H and O–H groups in total. The average molecular weight is 705 g/mol. The number of aliphatic hydroxyl groups is 2. The highest BCUT2D eigenvalue weighted by atomic mass is 16.7. The number of benzene rings is 1. The van der Waals surface area contributed by atoms with E-state index in [4.69, 9.17) is 18.9 Å². The van der Waals surface area contributed by atoms with Crippen molar-refractivity contribution in [1.29, 1.82) is 0 Å². The first-order chi connectivity index (χ1) is 24.0. The van der Waals surface area contributed by atoms with Crippen LogP contribution < -0.4 is 0 Å². The van der Waals surface area contributed by atoms with Crippen molar-refractivity contribution in [3.05, 3.63) is 54.0 Å². The molecule has 0 bridgehead atoms. The first-order valence-corrected chi connectivity index (χ1v) is 19.9. The predicted octanol–water partition coefficient (Wildman–Crippen LogP) is 7.03. The molecule has 0 amide bonds. The SMILES string of the molecule is CC(=O)O[C@@H]([C]1C[C@@H](C)[C@H]2[C](O1)[C@H](O)[C@@]1(C)[C]3CC[C@H]4C(C)(C)C(O[C@H]5CN(Cc6ccccc6)CCO5)CC[C@@]45C[C@@]35CC[C@]21C)C(C)(C)O. The predicted molar refractivity (Wildman–Crippen MR) is 193 cm³/mol. The third-order valence-corrected chi connectivity index (χ3v) is 15.9. The third-order valence-electron chi connectivity index (χ3n) is 15.9. The molecule has 1 aromatic carbocycles. The van der Waals surface area contributed by atoms with Crippen LogP contribution in [0.5, 0.6) is 0 Å². The summed E-state index contributed by atoms with van der Waals surface area (Å²) in [5.74, 6) is 1.97. The molecule has 1 aromatic rings. The number of ether oxygens (including phenoxy) is 4. The van der Waals surface area contributed by atoms with Crippen molar-refractivity contribution in [2.24, 2.45) is 44.8 Å². The van der Waals surface area contributed by atoms with E-state index in [1.54, 1.807) is 19.8 Å². The summed E-state index contributed by atoms with van der Waals surface area (Å²) >= 11 is 0. The molecule has 2 saturated heterocycles. The van der Waals surface area contributed by atoms with Crippen LogP contribution >= 0.6 is 0 Å². The molecule has 2 heterocycles. The smallest absolute Gasteiger partial charge is 0.303 e. The van der Waals surface area contributed by atoms with Gasteiger partial charge < -0.3 is 29.2 Å². The van der Waals surface area contributed by atoms with Crippen molar-refractivity contribution in [3.8, 4) is 0 Å². The maximum atomic E-state index is 12.5. The number of hydrogen-bond donors (Lipinski definition) is 2. The second-order valence-electron chi connectivity index (χ2n) is 19.3. The molecule has 8 heteroatoms. The minimum atomic E-state index is -1.31. The number of morpholine rings is 1. The van der Waals surface area contributed by atoms with Gasteiger partial charge in [-0.25, -0.2) is 0 Å². The Morgan fingerprint density at radius 3 is 2.55 bits per heavy atom. The molecule has 7 aliphatic rings. The molecule has 1 unspecified atom stereocenters. The molecular weight excluding hydrogens is 642 g/mol. The van der Waals surface area contributed by atoms with Crippen LogP contribution in [0.1, 0.15) is 112 Å². The third kappa shape index (κ3) is 5.30. The Morgan fingerprint density at radius 1 is 1.10 bits per heavy atom. The minimum absolute atomic E-state index is 0.0152. The van der Waals surface area contributed by atoms with Gasteiger partial charge in [-0.15, -0.1) is 0 Å². The summed E-state index contributed by atoms with van der Waals surface area (Å²) in [7, 11) is 0. The number of esters is 1. The van der Waals surface area contributed by atoms with Gasteiger partial charge in [-0.05, 0) is 110 Å². The number of aliphatic hydroxyl groups excluding tert-OH is 1. The number of nitrogens with zero attached hydrogens (tertiary/aromatic N) is 1. The van der Waals surface area contributed by atoms with Crippen molar-refractivity contribution in [2.75, 3.05) is 19.7 Å². The van der Waals surface area contributed by atoms with Crippen LogP contribution in [0, 0.1) is 63.0 Å². The zero-order valence-electron chi connectivity index (χ0n) is 32.3. The molecule has 0 aromatic heterocycles. The summed E-state index contributed by atoms with van der Waals surface area (Å²) < 4.78 is 25.6. The molecular formula is C43H62NO7. The first-order valence-electron chi connectivity index (χ1n) is 19.9. The van der Waals surface area contributed by atoms with Gasteiger partial charge in [0.15, 0.2) is 12.4 Å². The lowest BCUT2D eigenvalue weighted by Crippen LogP contribution is -2.59. The summed E-state index contributed by atoms with van der Waals surface area (Å²) in [6.07, 6.45) is 7.98. The molecule has 11 atom stereocenters. The largest absolute Gasteiger partial charge is 0.456 e. The van der Waals surface area contributed by atoms with Crippen molar-refractivity contribution in [2.45, 2.75) is 144 Å². The van der Waals surface area contributed by atoms with Gasteiger partial charge in [0.2, 0.25) is 0 Å². The van der Waals surface area contributed by atoms with Crippen LogP contribution in [-0.4, -0.2) is 71.0 Å². The summed E-state index contributed by atoms with van der Waals surface area (Å²) in [5, 5.41) is 23.6. The van der Waals surface area contributed by atoms with Crippen LogP contribution in [0.15, 0.2) is 30.3 Å². The van der Waals surface area contributed by atoms with Gasteiger partial charge in [0, 0.05) is 37.9 Å². The Hall–Kier alpha value is -1.55. The van der Waals surface area contributed by atoms with Crippen LogP contribution in [0.2, 0.25) is 0 Å².